The Morgan fingerprint density at radius 1 is 1.18 bits per heavy atom. The van der Waals surface area contributed by atoms with Gasteiger partial charge in [0.15, 0.2) is 5.82 Å². The summed E-state index contributed by atoms with van der Waals surface area (Å²) >= 11 is 0. The number of benzene rings is 1. The Morgan fingerprint density at radius 3 is 2.72 bits per heavy atom. The number of nitrogens with two attached hydrogens (primary N) is 1. The van der Waals surface area contributed by atoms with Crippen molar-refractivity contribution in [3.05, 3.63) is 42.1 Å². The maximum absolute atomic E-state index is 14.4. The quantitative estimate of drug-likeness (QED) is 0.576. The minimum absolute atomic E-state index is 0.0142. The number of amides is 2. The van der Waals surface area contributed by atoms with Gasteiger partial charge in [-0.1, -0.05) is 0 Å². The van der Waals surface area contributed by atoms with Crippen molar-refractivity contribution in [2.75, 3.05) is 49.1 Å². The van der Waals surface area contributed by atoms with Gasteiger partial charge in [0.2, 0.25) is 5.91 Å². The van der Waals surface area contributed by atoms with Crippen LogP contribution in [0.25, 0.3) is 0 Å². The van der Waals surface area contributed by atoms with Crippen molar-refractivity contribution in [1.82, 2.24) is 25.1 Å². The number of aromatic nitrogens is 2. The normalized spacial score (nSPS) is 23.2. The van der Waals surface area contributed by atoms with Crippen LogP contribution in [0.4, 0.5) is 21.6 Å². The number of likely N-dealkylation sites (tertiary alicyclic amines) is 1. The average Bonchev–Trinajstić information content (AvgIpc) is 3.43. The molecule has 0 radical (unpaired) electrons. The lowest BCUT2D eigenvalue weighted by Gasteiger charge is -2.41. The van der Waals surface area contributed by atoms with Crippen LogP contribution in [0.2, 0.25) is 0 Å². The molecule has 3 N–H and O–H groups in total. The molecule has 3 aliphatic rings. The Kier molecular flexibility index (Phi) is 7.99. The van der Waals surface area contributed by atoms with E-state index in [1.54, 1.807) is 17.2 Å². The number of hydrogen-bond donors (Lipinski definition) is 2. The van der Waals surface area contributed by atoms with Gasteiger partial charge in [-0.2, -0.15) is 0 Å². The second-order valence-electron chi connectivity index (χ2n) is 10.9. The van der Waals surface area contributed by atoms with Crippen LogP contribution < -0.4 is 20.9 Å². The Hall–Kier alpha value is -3.31. The van der Waals surface area contributed by atoms with E-state index in [2.05, 4.69) is 20.2 Å². The molecule has 210 valence electrons. The Labute approximate surface area is 229 Å². The smallest absolute Gasteiger partial charge is 0.256 e. The van der Waals surface area contributed by atoms with Gasteiger partial charge < -0.3 is 30.7 Å². The molecule has 3 atom stereocenters. The van der Waals surface area contributed by atoms with Crippen LogP contribution in [0.3, 0.4) is 0 Å². The average molecular weight is 539 g/mol. The first-order chi connectivity index (χ1) is 18.8. The number of piperidine rings is 1. The number of rotatable bonds is 6. The Bertz CT molecular complexity index is 1200. The number of fused-ring (bicyclic) bond motifs is 1. The molecule has 0 bridgehead atoms. The summed E-state index contributed by atoms with van der Waals surface area (Å²) in [6, 6.07) is 4.44. The van der Waals surface area contributed by atoms with Crippen molar-refractivity contribution in [3.63, 3.8) is 0 Å². The third-order valence-electron chi connectivity index (χ3n) is 8.17. The van der Waals surface area contributed by atoms with Crippen LogP contribution in [0.5, 0.6) is 0 Å². The third kappa shape index (κ3) is 5.42. The number of nitrogens with one attached hydrogen (secondary N) is 1. The second-order valence-corrected chi connectivity index (χ2v) is 10.9. The minimum Gasteiger partial charge on any atom is -0.348 e. The van der Waals surface area contributed by atoms with Crippen LogP contribution in [-0.4, -0.2) is 95.0 Å². The number of nitrogens with zero attached hydrogens (tertiary/aromatic N) is 6. The zero-order chi connectivity index (χ0) is 27.7. The Balaban J connectivity index is 1.38. The van der Waals surface area contributed by atoms with Crippen molar-refractivity contribution in [2.45, 2.75) is 64.2 Å². The van der Waals surface area contributed by atoms with E-state index in [1.165, 1.54) is 18.5 Å². The molecule has 2 amide bonds. The molecule has 1 aromatic heterocycles. The van der Waals surface area contributed by atoms with Crippen molar-refractivity contribution in [2.24, 2.45) is 5.73 Å². The third-order valence-corrected chi connectivity index (χ3v) is 8.17. The molecule has 1 aromatic carbocycles. The van der Waals surface area contributed by atoms with Gasteiger partial charge in [-0.3, -0.25) is 9.59 Å². The Morgan fingerprint density at radius 2 is 2.00 bits per heavy atom. The SMILES string of the molecule is CCN(C(=O)c1cc(F)ccc1N1CCN([C@@H]2CCN(C(=O)[C@@H]3CC[C@H](N)CN3)C2)c2ncncc21)C(C)C. The molecule has 2 fully saturated rings. The molecule has 11 heteroatoms. The molecule has 2 aromatic rings. The van der Waals surface area contributed by atoms with E-state index in [4.69, 9.17) is 5.73 Å². The summed E-state index contributed by atoms with van der Waals surface area (Å²) < 4.78 is 14.4. The van der Waals surface area contributed by atoms with Crippen LogP contribution in [-0.2, 0) is 4.79 Å². The fourth-order valence-electron chi connectivity index (χ4n) is 6.09. The van der Waals surface area contributed by atoms with Gasteiger partial charge in [0.05, 0.1) is 23.5 Å². The molecule has 0 unspecified atom stereocenters. The number of anilines is 3. The van der Waals surface area contributed by atoms with Crippen molar-refractivity contribution in [3.8, 4) is 0 Å². The molecule has 10 nitrogen and oxygen atoms in total. The monoisotopic (exact) mass is 538 g/mol. The van der Waals surface area contributed by atoms with Gasteiger partial charge >= 0.3 is 0 Å². The highest BCUT2D eigenvalue weighted by Gasteiger charge is 2.38. The first kappa shape index (κ1) is 27.3. The molecule has 0 spiro atoms. The lowest BCUT2D eigenvalue weighted by molar-refractivity contribution is -0.133. The summed E-state index contributed by atoms with van der Waals surface area (Å²) in [5.74, 6) is 0.252. The summed E-state index contributed by atoms with van der Waals surface area (Å²) in [5, 5.41) is 3.30. The number of halogens is 1. The molecule has 2 saturated heterocycles. The maximum Gasteiger partial charge on any atom is 0.256 e. The second kappa shape index (κ2) is 11.4. The van der Waals surface area contributed by atoms with Crippen molar-refractivity contribution in [1.29, 1.82) is 0 Å². The zero-order valence-electron chi connectivity index (χ0n) is 23.0. The van der Waals surface area contributed by atoms with Crippen LogP contribution >= 0.6 is 0 Å². The first-order valence-electron chi connectivity index (χ1n) is 14.0. The van der Waals surface area contributed by atoms with E-state index in [-0.39, 0.29) is 36.0 Å². The molecule has 39 heavy (non-hydrogen) atoms. The van der Waals surface area contributed by atoms with E-state index in [1.807, 2.05) is 30.6 Å². The minimum atomic E-state index is -0.449. The molecular weight excluding hydrogens is 499 g/mol. The molecule has 5 rings (SSSR count). The lowest BCUT2D eigenvalue weighted by Crippen LogP contribution is -2.53. The largest absolute Gasteiger partial charge is 0.348 e. The first-order valence-corrected chi connectivity index (χ1v) is 14.0. The van der Waals surface area contributed by atoms with E-state index in [9.17, 15) is 14.0 Å². The summed E-state index contributed by atoms with van der Waals surface area (Å²) in [6.45, 7) is 9.59. The molecular formula is C28H39FN8O2. The molecule has 0 saturated carbocycles. The highest BCUT2D eigenvalue weighted by molar-refractivity contribution is 6.01. The summed E-state index contributed by atoms with van der Waals surface area (Å²) in [4.78, 5) is 43.6. The molecule has 0 aliphatic carbocycles. The summed E-state index contributed by atoms with van der Waals surface area (Å²) in [7, 11) is 0. The fraction of sp³-hybridized carbons (Fsp3) is 0.571. The van der Waals surface area contributed by atoms with E-state index in [0.717, 1.165) is 30.8 Å². The van der Waals surface area contributed by atoms with Gasteiger partial charge in [-0.15, -0.1) is 0 Å². The zero-order valence-corrected chi connectivity index (χ0v) is 23.0. The topological polar surface area (TPSA) is 111 Å². The van der Waals surface area contributed by atoms with Crippen molar-refractivity contribution >= 4 is 29.0 Å². The molecule has 3 aliphatic heterocycles. The lowest BCUT2D eigenvalue weighted by atomic mass is 10.0. The highest BCUT2D eigenvalue weighted by atomic mass is 19.1. The van der Waals surface area contributed by atoms with Crippen LogP contribution in [0, 0.1) is 5.82 Å². The standard InChI is InChI=1S/C28H39FN8O2/c1-4-35(18(2)3)27(38)22-13-19(29)5-8-24(22)37-12-11-36(26-25(37)15-31-17-33-26)21-9-10-34(16-21)28(39)23-7-6-20(30)14-32-23/h5,8,13,15,17-18,20-21,23,32H,4,6-7,9-12,14,16,30H2,1-3H3/t20-,21+,23-/m0/s1. The predicted octanol–water partition coefficient (Wildman–Crippen LogP) is 2.12. The van der Waals surface area contributed by atoms with Crippen molar-refractivity contribution < 1.29 is 14.0 Å². The van der Waals surface area contributed by atoms with E-state index >= 15 is 0 Å². The van der Waals surface area contributed by atoms with Crippen LogP contribution in [0.15, 0.2) is 30.7 Å². The summed E-state index contributed by atoms with van der Waals surface area (Å²) in [5.41, 5.74) is 7.72. The van der Waals surface area contributed by atoms with E-state index < -0.39 is 5.82 Å². The molecule has 4 heterocycles. The van der Waals surface area contributed by atoms with Crippen LogP contribution in [0.1, 0.15) is 50.4 Å². The maximum atomic E-state index is 14.4. The highest BCUT2D eigenvalue weighted by Crippen LogP contribution is 2.39. The predicted molar refractivity (Wildman–Crippen MR) is 149 cm³/mol. The van der Waals surface area contributed by atoms with Gasteiger partial charge in [0, 0.05) is 57.4 Å². The van der Waals surface area contributed by atoms with Gasteiger partial charge in [-0.25, -0.2) is 14.4 Å². The number of hydrogen-bond acceptors (Lipinski definition) is 8. The number of carbonyl (C=O) groups excluding carboxylic acids is 2. The van der Waals surface area contributed by atoms with Gasteiger partial charge in [-0.05, 0) is 58.2 Å². The van der Waals surface area contributed by atoms with E-state index in [0.29, 0.717) is 50.5 Å². The number of carbonyl (C=O) groups is 2. The van der Waals surface area contributed by atoms with Gasteiger partial charge in [0.1, 0.15) is 17.8 Å². The summed E-state index contributed by atoms with van der Waals surface area (Å²) in [6.07, 6.45) is 5.74. The van der Waals surface area contributed by atoms with Gasteiger partial charge in [0.25, 0.3) is 5.91 Å². The fourth-order valence-corrected chi connectivity index (χ4v) is 6.09.